The third kappa shape index (κ3) is 5.60. The van der Waals surface area contributed by atoms with E-state index in [0.29, 0.717) is 0 Å². The van der Waals surface area contributed by atoms with Crippen LogP contribution in [0.4, 0.5) is 26.3 Å². The highest BCUT2D eigenvalue weighted by atomic mass is 32.2. The van der Waals surface area contributed by atoms with Crippen molar-refractivity contribution >= 4 is 20.0 Å². The Morgan fingerprint density at radius 3 is 1.16 bits per heavy atom. The van der Waals surface area contributed by atoms with Gasteiger partial charge in [0.1, 0.15) is 0 Å². The van der Waals surface area contributed by atoms with E-state index in [-0.39, 0.29) is 22.3 Å². The average Bonchev–Trinajstić information content (AvgIpc) is 2.64. The van der Waals surface area contributed by atoms with Gasteiger partial charge in [0.25, 0.3) is 0 Å². The maximum Gasteiger partial charge on any atom is 0.511 e. The Bertz CT molecular complexity index is 1080. The molecule has 0 aliphatic heterocycles. The lowest BCUT2D eigenvalue weighted by Gasteiger charge is -2.31. The molecule has 0 amide bonds. The summed E-state index contributed by atoms with van der Waals surface area (Å²) in [7, 11) is -12.2. The summed E-state index contributed by atoms with van der Waals surface area (Å²) in [5, 5.41) is 0. The number of hydrogen-bond donors (Lipinski definition) is 2. The van der Waals surface area contributed by atoms with Crippen molar-refractivity contribution in [3.05, 3.63) is 70.8 Å². The van der Waals surface area contributed by atoms with Crippen LogP contribution in [0.15, 0.2) is 48.5 Å². The normalized spacial score (nSPS) is 15.4. The standard InChI is InChI=1S/C18H18F6N2O4S2/c1-11-7-3-5-9-13(11)15(25-31(27,28)17(19,20)21)16(14-10-6-4-8-12(14)2)26-32(29,30)18(22,23)24/h3-10,15-16,25-26H,1-2H3/t15-,16-/m1/s1. The van der Waals surface area contributed by atoms with Crippen LogP contribution in [0.3, 0.4) is 0 Å². The average molecular weight is 504 g/mol. The van der Waals surface area contributed by atoms with Crippen molar-refractivity contribution in [2.75, 3.05) is 0 Å². The number of benzene rings is 2. The number of rotatable bonds is 7. The Balaban J connectivity index is 2.80. The first-order valence-electron chi connectivity index (χ1n) is 8.76. The SMILES string of the molecule is Cc1ccccc1[C@@H](NS(=O)(=O)C(F)(F)F)[C@H](NS(=O)(=O)C(F)(F)F)c1ccccc1C. The summed E-state index contributed by atoms with van der Waals surface area (Å²) in [6, 6.07) is 6.59. The largest absolute Gasteiger partial charge is 0.511 e. The second-order valence-corrected chi connectivity index (χ2v) is 10.2. The van der Waals surface area contributed by atoms with E-state index in [9.17, 15) is 43.2 Å². The summed E-state index contributed by atoms with van der Waals surface area (Å²) >= 11 is 0. The minimum absolute atomic E-state index is 0.154. The number of halogens is 6. The maximum atomic E-state index is 13.1. The summed E-state index contributed by atoms with van der Waals surface area (Å²) in [5.41, 5.74) is -11.5. The Labute approximate surface area is 180 Å². The van der Waals surface area contributed by atoms with Gasteiger partial charge in [-0.15, -0.1) is 0 Å². The minimum atomic E-state index is -6.08. The van der Waals surface area contributed by atoms with Gasteiger partial charge in [-0.1, -0.05) is 48.5 Å². The smallest absolute Gasteiger partial charge is 0.203 e. The van der Waals surface area contributed by atoms with Crippen LogP contribution in [0, 0.1) is 13.8 Å². The van der Waals surface area contributed by atoms with Gasteiger partial charge in [-0.3, -0.25) is 0 Å². The third-order valence-corrected chi connectivity index (χ3v) is 6.90. The molecule has 0 saturated heterocycles. The summed E-state index contributed by atoms with van der Waals surface area (Å²) in [6.07, 6.45) is 0. The first kappa shape index (κ1) is 26.1. The van der Waals surface area contributed by atoms with Gasteiger partial charge in [-0.25, -0.2) is 16.8 Å². The zero-order valence-electron chi connectivity index (χ0n) is 16.5. The van der Waals surface area contributed by atoms with E-state index in [4.69, 9.17) is 0 Å². The van der Waals surface area contributed by atoms with Gasteiger partial charge in [0.05, 0.1) is 12.1 Å². The van der Waals surface area contributed by atoms with Crippen LogP contribution in [0.2, 0.25) is 0 Å². The summed E-state index contributed by atoms with van der Waals surface area (Å²) in [4.78, 5) is 0. The molecule has 0 unspecified atom stereocenters. The second-order valence-electron chi connectivity index (χ2n) is 6.80. The fourth-order valence-electron chi connectivity index (χ4n) is 2.96. The predicted octanol–water partition coefficient (Wildman–Crippen LogP) is 3.96. The van der Waals surface area contributed by atoms with Crippen LogP contribution < -0.4 is 9.44 Å². The lowest BCUT2D eigenvalue weighted by atomic mass is 9.90. The minimum Gasteiger partial charge on any atom is -0.203 e. The van der Waals surface area contributed by atoms with Crippen molar-refractivity contribution in [1.82, 2.24) is 9.44 Å². The van der Waals surface area contributed by atoms with E-state index in [0.717, 1.165) is 0 Å². The zero-order chi connectivity index (χ0) is 24.5. The van der Waals surface area contributed by atoms with Gasteiger partial charge in [0, 0.05) is 0 Å². The molecule has 0 radical (unpaired) electrons. The molecule has 0 aromatic heterocycles. The van der Waals surface area contributed by atoms with E-state index < -0.39 is 43.1 Å². The first-order valence-corrected chi connectivity index (χ1v) is 11.7. The van der Waals surface area contributed by atoms with Crippen molar-refractivity contribution in [3.63, 3.8) is 0 Å². The molecule has 14 heteroatoms. The van der Waals surface area contributed by atoms with E-state index in [2.05, 4.69) is 0 Å². The van der Waals surface area contributed by atoms with Crippen molar-refractivity contribution in [2.45, 2.75) is 36.9 Å². The van der Waals surface area contributed by atoms with Gasteiger partial charge in [-0.05, 0) is 36.1 Å². The molecule has 2 N–H and O–H groups in total. The zero-order valence-corrected chi connectivity index (χ0v) is 18.1. The van der Waals surface area contributed by atoms with Crippen LogP contribution in [0.5, 0.6) is 0 Å². The van der Waals surface area contributed by atoms with Crippen molar-refractivity contribution < 1.29 is 43.2 Å². The molecule has 0 heterocycles. The molecule has 2 atom stereocenters. The number of nitrogens with one attached hydrogen (secondary N) is 2. The molecule has 2 aromatic carbocycles. The van der Waals surface area contributed by atoms with E-state index in [1.165, 1.54) is 71.8 Å². The Morgan fingerprint density at radius 2 is 0.906 bits per heavy atom. The quantitative estimate of drug-likeness (QED) is 0.559. The predicted molar refractivity (Wildman–Crippen MR) is 104 cm³/mol. The highest BCUT2D eigenvalue weighted by molar-refractivity contribution is 7.90. The summed E-state index contributed by atoms with van der Waals surface area (Å²) in [6.45, 7) is 2.77. The van der Waals surface area contributed by atoms with Crippen molar-refractivity contribution in [3.8, 4) is 0 Å². The highest BCUT2D eigenvalue weighted by Gasteiger charge is 2.51. The molecule has 0 aliphatic rings. The molecule has 0 bridgehead atoms. The van der Waals surface area contributed by atoms with E-state index in [1.54, 1.807) is 0 Å². The first-order chi connectivity index (χ1) is 14.5. The molecule has 2 rings (SSSR count). The van der Waals surface area contributed by atoms with Crippen molar-refractivity contribution in [1.29, 1.82) is 0 Å². The molecule has 0 fully saturated rings. The van der Waals surface area contributed by atoms with Gasteiger partial charge < -0.3 is 0 Å². The van der Waals surface area contributed by atoms with Crippen LogP contribution in [0.25, 0.3) is 0 Å². The maximum absolute atomic E-state index is 13.1. The summed E-state index contributed by atoms with van der Waals surface area (Å²) in [5.74, 6) is 0. The number of sulfonamides is 2. The third-order valence-electron chi connectivity index (χ3n) is 4.55. The molecule has 6 nitrogen and oxygen atoms in total. The highest BCUT2D eigenvalue weighted by Crippen LogP contribution is 2.37. The van der Waals surface area contributed by atoms with Crippen molar-refractivity contribution in [2.24, 2.45) is 0 Å². The lowest BCUT2D eigenvalue weighted by Crippen LogP contribution is -2.47. The topological polar surface area (TPSA) is 92.3 Å². The monoisotopic (exact) mass is 504 g/mol. The van der Waals surface area contributed by atoms with Gasteiger partial charge >= 0.3 is 31.1 Å². The lowest BCUT2D eigenvalue weighted by molar-refractivity contribution is -0.0465. The molecule has 2 aromatic rings. The molecular weight excluding hydrogens is 486 g/mol. The molecule has 0 saturated carbocycles. The molecule has 178 valence electrons. The van der Waals surface area contributed by atoms with Gasteiger partial charge in [0.15, 0.2) is 0 Å². The fourth-order valence-corrected chi connectivity index (χ4v) is 4.42. The van der Waals surface area contributed by atoms with Gasteiger partial charge in [-0.2, -0.15) is 35.8 Å². The Kier molecular flexibility index (Phi) is 7.34. The van der Waals surface area contributed by atoms with Gasteiger partial charge in [0.2, 0.25) is 0 Å². The number of hydrogen-bond acceptors (Lipinski definition) is 4. The van der Waals surface area contributed by atoms with Crippen LogP contribution >= 0.6 is 0 Å². The van der Waals surface area contributed by atoms with E-state index >= 15 is 0 Å². The summed E-state index contributed by atoms with van der Waals surface area (Å²) < 4.78 is 129. The Hall–Kier alpha value is -2.16. The number of aryl methyl sites for hydroxylation is 2. The van der Waals surface area contributed by atoms with Crippen LogP contribution in [-0.4, -0.2) is 27.9 Å². The van der Waals surface area contributed by atoms with E-state index in [1.807, 2.05) is 0 Å². The number of alkyl halides is 6. The molecule has 0 aliphatic carbocycles. The van der Waals surface area contributed by atoms with Crippen LogP contribution in [-0.2, 0) is 20.0 Å². The second kappa shape index (κ2) is 9.00. The Morgan fingerprint density at radius 1 is 0.625 bits per heavy atom. The van der Waals surface area contributed by atoms with Crippen LogP contribution in [0.1, 0.15) is 34.3 Å². The molecule has 32 heavy (non-hydrogen) atoms. The fraction of sp³-hybridized carbons (Fsp3) is 0.333. The molecule has 0 spiro atoms. The molecular formula is C18H18F6N2O4S2.